The third-order valence-corrected chi connectivity index (χ3v) is 3.54. The van der Waals surface area contributed by atoms with Crippen LogP contribution in [0, 0.1) is 0 Å². The fraction of sp³-hybridized carbons (Fsp3) is 0.500. The van der Waals surface area contributed by atoms with Gasteiger partial charge in [-0.25, -0.2) is 4.98 Å². The van der Waals surface area contributed by atoms with Crippen molar-refractivity contribution in [3.63, 3.8) is 0 Å². The van der Waals surface area contributed by atoms with Gasteiger partial charge in [0.25, 0.3) is 0 Å². The Morgan fingerprint density at radius 3 is 3.11 bits per heavy atom. The van der Waals surface area contributed by atoms with Crippen molar-refractivity contribution in [3.8, 4) is 0 Å². The number of nitrogens with one attached hydrogen (secondary N) is 1. The predicted octanol–water partition coefficient (Wildman–Crippen LogP) is 2.72. The molecule has 0 amide bonds. The van der Waals surface area contributed by atoms with Crippen LogP contribution in [0.3, 0.4) is 0 Å². The molecule has 2 aromatic heterocycles. The van der Waals surface area contributed by atoms with Crippen LogP contribution in [0.5, 0.6) is 0 Å². The molecule has 96 valence electrons. The van der Waals surface area contributed by atoms with Gasteiger partial charge in [-0.15, -0.1) is 0 Å². The Bertz CT molecular complexity index is 518. The van der Waals surface area contributed by atoms with Crippen molar-refractivity contribution in [1.29, 1.82) is 0 Å². The molecule has 2 heterocycles. The van der Waals surface area contributed by atoms with Crippen LogP contribution in [0.15, 0.2) is 29.0 Å². The van der Waals surface area contributed by atoms with Crippen LogP contribution in [0.1, 0.15) is 19.8 Å². The number of fused-ring (bicyclic) bond motifs is 1. The Morgan fingerprint density at radius 1 is 1.44 bits per heavy atom. The van der Waals surface area contributed by atoms with Crippen molar-refractivity contribution in [1.82, 2.24) is 9.88 Å². The number of aromatic nitrogens is 1. The minimum absolute atomic E-state index is 0.828. The molecular formula is C14H19N3O. The molecule has 0 aromatic carbocycles. The Kier molecular flexibility index (Phi) is 3.19. The summed E-state index contributed by atoms with van der Waals surface area (Å²) in [5.41, 5.74) is 0.891. The van der Waals surface area contributed by atoms with Crippen molar-refractivity contribution < 1.29 is 4.42 Å². The SMILES string of the molecule is CCN(CCNc1nccc2occc12)C1CC1. The standard InChI is InChI=1S/C14H19N3O/c1-2-17(11-3-4-11)9-8-16-14-12-6-10-18-13(12)5-7-15-14/h5-7,10-11H,2-4,8-9H2,1H3,(H,15,16). The van der Waals surface area contributed by atoms with E-state index in [-0.39, 0.29) is 0 Å². The average molecular weight is 245 g/mol. The van der Waals surface area contributed by atoms with Crippen molar-refractivity contribution in [2.75, 3.05) is 25.0 Å². The minimum atomic E-state index is 0.828. The summed E-state index contributed by atoms with van der Waals surface area (Å²) in [4.78, 5) is 6.90. The Morgan fingerprint density at radius 2 is 2.33 bits per heavy atom. The Balaban J connectivity index is 1.60. The summed E-state index contributed by atoms with van der Waals surface area (Å²) in [6, 6.07) is 4.68. The first-order valence-corrected chi connectivity index (χ1v) is 6.68. The molecule has 18 heavy (non-hydrogen) atoms. The fourth-order valence-corrected chi connectivity index (χ4v) is 2.39. The van der Waals surface area contributed by atoms with Gasteiger partial charge in [0.2, 0.25) is 0 Å². The van der Waals surface area contributed by atoms with Crippen LogP contribution >= 0.6 is 0 Å². The van der Waals surface area contributed by atoms with Gasteiger partial charge in [-0.3, -0.25) is 4.90 Å². The van der Waals surface area contributed by atoms with Crippen LogP contribution in [0.2, 0.25) is 0 Å². The van der Waals surface area contributed by atoms with E-state index in [1.54, 1.807) is 12.5 Å². The number of furan rings is 1. The molecule has 1 N–H and O–H groups in total. The summed E-state index contributed by atoms with van der Waals surface area (Å²) in [6.07, 6.45) is 6.22. The van der Waals surface area contributed by atoms with Gasteiger partial charge in [0.1, 0.15) is 11.4 Å². The number of pyridine rings is 1. The zero-order chi connectivity index (χ0) is 12.4. The van der Waals surface area contributed by atoms with Gasteiger partial charge in [-0.1, -0.05) is 6.92 Å². The van der Waals surface area contributed by atoms with Crippen molar-refractivity contribution in [2.45, 2.75) is 25.8 Å². The largest absolute Gasteiger partial charge is 0.464 e. The first-order chi connectivity index (χ1) is 8.88. The molecule has 1 aliphatic rings. The summed E-state index contributed by atoms with van der Waals surface area (Å²) in [6.45, 7) is 5.38. The second-order valence-electron chi connectivity index (χ2n) is 4.78. The fourth-order valence-electron chi connectivity index (χ4n) is 2.39. The molecule has 1 aliphatic carbocycles. The molecular weight excluding hydrogens is 226 g/mol. The van der Waals surface area contributed by atoms with Gasteiger partial charge in [0.15, 0.2) is 0 Å². The lowest BCUT2D eigenvalue weighted by Crippen LogP contribution is -2.31. The van der Waals surface area contributed by atoms with E-state index in [0.29, 0.717) is 0 Å². The molecule has 2 aromatic rings. The lowest BCUT2D eigenvalue weighted by molar-refractivity contribution is 0.289. The molecule has 0 radical (unpaired) electrons. The maximum atomic E-state index is 5.36. The molecule has 0 unspecified atom stereocenters. The number of hydrogen-bond acceptors (Lipinski definition) is 4. The third-order valence-electron chi connectivity index (χ3n) is 3.54. The summed E-state index contributed by atoms with van der Waals surface area (Å²) in [5, 5.41) is 4.47. The van der Waals surface area contributed by atoms with Gasteiger partial charge in [-0.05, 0) is 31.5 Å². The molecule has 4 nitrogen and oxygen atoms in total. The van der Waals surface area contributed by atoms with Crippen molar-refractivity contribution in [3.05, 3.63) is 24.6 Å². The van der Waals surface area contributed by atoms with E-state index in [2.05, 4.69) is 22.1 Å². The highest BCUT2D eigenvalue weighted by Crippen LogP contribution is 2.26. The van der Waals surface area contributed by atoms with E-state index in [4.69, 9.17) is 4.42 Å². The molecule has 0 aliphatic heterocycles. The topological polar surface area (TPSA) is 41.3 Å². The molecule has 0 spiro atoms. The number of likely N-dealkylation sites (N-methyl/N-ethyl adjacent to an activating group) is 1. The predicted molar refractivity (Wildman–Crippen MR) is 72.8 cm³/mol. The van der Waals surface area contributed by atoms with Gasteiger partial charge in [0, 0.05) is 25.3 Å². The number of nitrogens with zero attached hydrogens (tertiary/aromatic N) is 2. The Hall–Kier alpha value is -1.55. The highest BCUT2D eigenvalue weighted by molar-refractivity contribution is 5.87. The number of anilines is 1. The molecule has 3 rings (SSSR count). The van der Waals surface area contributed by atoms with E-state index in [9.17, 15) is 0 Å². The van der Waals surface area contributed by atoms with Gasteiger partial charge >= 0.3 is 0 Å². The Labute approximate surface area is 107 Å². The molecule has 1 fully saturated rings. The van der Waals surface area contributed by atoms with Crippen molar-refractivity contribution in [2.24, 2.45) is 0 Å². The zero-order valence-electron chi connectivity index (χ0n) is 10.7. The highest BCUT2D eigenvalue weighted by Gasteiger charge is 2.27. The normalized spacial score (nSPS) is 15.4. The van der Waals surface area contributed by atoms with E-state index >= 15 is 0 Å². The summed E-state index contributed by atoms with van der Waals surface area (Å²) >= 11 is 0. The third kappa shape index (κ3) is 2.34. The average Bonchev–Trinajstić information content (AvgIpc) is 3.11. The molecule has 0 saturated heterocycles. The first-order valence-electron chi connectivity index (χ1n) is 6.68. The monoisotopic (exact) mass is 245 g/mol. The van der Waals surface area contributed by atoms with E-state index < -0.39 is 0 Å². The summed E-state index contributed by atoms with van der Waals surface area (Å²) in [7, 11) is 0. The van der Waals surface area contributed by atoms with Gasteiger partial charge in [0.05, 0.1) is 11.6 Å². The van der Waals surface area contributed by atoms with Crippen LogP contribution in [0.25, 0.3) is 11.0 Å². The highest BCUT2D eigenvalue weighted by atomic mass is 16.3. The van der Waals surface area contributed by atoms with Crippen LogP contribution < -0.4 is 5.32 Å². The maximum absolute atomic E-state index is 5.36. The van der Waals surface area contributed by atoms with Crippen LogP contribution in [0.4, 0.5) is 5.82 Å². The first kappa shape index (κ1) is 11.5. The van der Waals surface area contributed by atoms with Gasteiger partial charge in [-0.2, -0.15) is 0 Å². The number of rotatable bonds is 6. The molecule has 1 saturated carbocycles. The maximum Gasteiger partial charge on any atom is 0.139 e. The van der Waals surface area contributed by atoms with E-state index in [1.807, 2.05) is 12.1 Å². The summed E-state index contributed by atoms with van der Waals surface area (Å²) < 4.78 is 5.36. The van der Waals surface area contributed by atoms with E-state index in [0.717, 1.165) is 42.5 Å². The lowest BCUT2D eigenvalue weighted by Gasteiger charge is -2.19. The van der Waals surface area contributed by atoms with E-state index in [1.165, 1.54) is 12.8 Å². The van der Waals surface area contributed by atoms with Crippen LogP contribution in [-0.4, -0.2) is 35.6 Å². The minimum Gasteiger partial charge on any atom is -0.464 e. The summed E-state index contributed by atoms with van der Waals surface area (Å²) in [5.74, 6) is 0.924. The molecule has 0 atom stereocenters. The molecule has 4 heteroatoms. The second kappa shape index (κ2) is 4.98. The lowest BCUT2D eigenvalue weighted by atomic mass is 10.3. The van der Waals surface area contributed by atoms with Crippen LogP contribution in [-0.2, 0) is 0 Å². The second-order valence-corrected chi connectivity index (χ2v) is 4.78. The molecule has 0 bridgehead atoms. The zero-order valence-corrected chi connectivity index (χ0v) is 10.7. The smallest absolute Gasteiger partial charge is 0.139 e. The quantitative estimate of drug-likeness (QED) is 0.849. The van der Waals surface area contributed by atoms with Crippen molar-refractivity contribution >= 4 is 16.8 Å². The number of hydrogen-bond donors (Lipinski definition) is 1. The van der Waals surface area contributed by atoms with Gasteiger partial charge < -0.3 is 9.73 Å².